The van der Waals surface area contributed by atoms with Crippen LogP contribution in [0.5, 0.6) is 0 Å². The van der Waals surface area contributed by atoms with Crippen molar-refractivity contribution in [1.29, 1.82) is 0 Å². The van der Waals surface area contributed by atoms with Gasteiger partial charge in [0.05, 0.1) is 16.7 Å². The van der Waals surface area contributed by atoms with Gasteiger partial charge in [-0.25, -0.2) is 4.39 Å². The van der Waals surface area contributed by atoms with E-state index < -0.39 is 64.5 Å². The second-order valence-corrected chi connectivity index (χ2v) is 8.14. The maximum Gasteiger partial charge on any atom is 0.417 e. The number of hydrogen-bond acceptors (Lipinski definition) is 2. The van der Waals surface area contributed by atoms with Gasteiger partial charge >= 0.3 is 18.5 Å². The number of rotatable bonds is 6. The second-order valence-electron chi connectivity index (χ2n) is 8.14. The van der Waals surface area contributed by atoms with Gasteiger partial charge in [-0.3, -0.25) is 9.59 Å². The summed E-state index contributed by atoms with van der Waals surface area (Å²) in [5, 5.41) is 3.78. The van der Waals surface area contributed by atoms with Crippen LogP contribution in [0.15, 0.2) is 42.5 Å². The molecule has 0 heterocycles. The molecule has 2 aromatic rings. The molecule has 1 fully saturated rings. The number of amides is 2. The molecular formula is C23H16F10N2O2. The first kappa shape index (κ1) is 28.0. The van der Waals surface area contributed by atoms with Gasteiger partial charge in [-0.05, 0) is 60.4 Å². The predicted octanol–water partition coefficient (Wildman–Crippen LogP) is 6.19. The Bertz CT molecular complexity index is 1210. The molecule has 200 valence electrons. The van der Waals surface area contributed by atoms with Gasteiger partial charge < -0.3 is 10.6 Å². The zero-order valence-electron chi connectivity index (χ0n) is 18.3. The summed E-state index contributed by atoms with van der Waals surface area (Å²) in [5.74, 6) is -4.14. The molecule has 2 aromatic carbocycles. The van der Waals surface area contributed by atoms with Gasteiger partial charge in [0.1, 0.15) is 5.82 Å². The molecule has 0 bridgehead atoms. The third-order valence-electron chi connectivity index (χ3n) is 5.13. The zero-order chi connectivity index (χ0) is 27.8. The minimum Gasteiger partial charge on any atom is -0.349 e. The molecule has 37 heavy (non-hydrogen) atoms. The fraction of sp³-hybridized carbons (Fsp3) is 0.304. The van der Waals surface area contributed by atoms with Crippen molar-refractivity contribution in [1.82, 2.24) is 10.6 Å². The van der Waals surface area contributed by atoms with E-state index in [0.717, 1.165) is 12.1 Å². The van der Waals surface area contributed by atoms with Crippen molar-refractivity contribution in [2.75, 3.05) is 0 Å². The van der Waals surface area contributed by atoms with Crippen molar-refractivity contribution in [3.8, 4) is 0 Å². The monoisotopic (exact) mass is 542 g/mol. The van der Waals surface area contributed by atoms with Gasteiger partial charge in [-0.1, -0.05) is 6.07 Å². The number of hydrogen-bond donors (Lipinski definition) is 2. The highest BCUT2D eigenvalue weighted by Gasteiger charge is 2.43. The van der Waals surface area contributed by atoms with Crippen LogP contribution in [-0.2, 0) is 17.1 Å². The molecule has 1 saturated carbocycles. The number of carbonyl (C=O) groups is 2. The summed E-state index contributed by atoms with van der Waals surface area (Å²) in [6, 6.07) is -0.762. The summed E-state index contributed by atoms with van der Waals surface area (Å²) in [6.07, 6.45) is -13.1. The van der Waals surface area contributed by atoms with Crippen LogP contribution in [0, 0.1) is 5.82 Å². The smallest absolute Gasteiger partial charge is 0.349 e. The topological polar surface area (TPSA) is 58.2 Å². The Hall–Kier alpha value is -3.58. The van der Waals surface area contributed by atoms with Crippen LogP contribution in [-0.4, -0.2) is 24.0 Å². The lowest BCUT2D eigenvalue weighted by Crippen LogP contribution is -2.37. The van der Waals surface area contributed by atoms with Crippen LogP contribution >= 0.6 is 0 Å². The standard InChI is InChI=1S/C23H16F10N2O2/c24-14-9-12(8-13(10-14)21(25,26)27)19(23(31,32)33)35-18(36)6-2-11-1-5-16(17(7-11)22(28,29)30)20(37)34-15-3-4-15/h1-2,5-10,15,19H,3-4H2,(H,34,37)(H,35,36)/b6-2+. The number of halogens is 10. The van der Waals surface area contributed by atoms with Gasteiger partial charge in [0.15, 0.2) is 6.04 Å². The van der Waals surface area contributed by atoms with E-state index in [1.807, 2.05) is 0 Å². The van der Waals surface area contributed by atoms with Crippen molar-refractivity contribution in [3.63, 3.8) is 0 Å². The van der Waals surface area contributed by atoms with Crippen LogP contribution in [0.1, 0.15) is 51.5 Å². The Labute approximate surface area is 202 Å². The molecule has 0 aromatic heterocycles. The summed E-state index contributed by atoms with van der Waals surface area (Å²) >= 11 is 0. The summed E-state index contributed by atoms with van der Waals surface area (Å²) in [5.41, 5.74) is -5.30. The maximum absolute atomic E-state index is 13.6. The van der Waals surface area contributed by atoms with E-state index in [1.165, 1.54) is 5.32 Å². The van der Waals surface area contributed by atoms with E-state index in [4.69, 9.17) is 0 Å². The molecule has 0 saturated heterocycles. The predicted molar refractivity (Wildman–Crippen MR) is 109 cm³/mol. The molecule has 14 heteroatoms. The third kappa shape index (κ3) is 7.46. The van der Waals surface area contributed by atoms with E-state index in [0.29, 0.717) is 31.1 Å². The summed E-state index contributed by atoms with van der Waals surface area (Å²) in [6.45, 7) is 0. The molecule has 0 aliphatic heterocycles. The molecule has 2 amide bonds. The number of alkyl halides is 9. The van der Waals surface area contributed by atoms with Crippen molar-refractivity contribution >= 4 is 17.9 Å². The third-order valence-corrected chi connectivity index (χ3v) is 5.13. The van der Waals surface area contributed by atoms with Gasteiger partial charge in [0.2, 0.25) is 5.91 Å². The van der Waals surface area contributed by atoms with Crippen molar-refractivity contribution in [3.05, 3.63) is 76.1 Å². The van der Waals surface area contributed by atoms with E-state index in [-0.39, 0.29) is 29.8 Å². The lowest BCUT2D eigenvalue weighted by Gasteiger charge is -2.22. The van der Waals surface area contributed by atoms with E-state index in [1.54, 1.807) is 0 Å². The van der Waals surface area contributed by atoms with Crippen LogP contribution in [0.25, 0.3) is 6.08 Å². The Morgan fingerprint density at radius 3 is 2.08 bits per heavy atom. The molecule has 2 N–H and O–H groups in total. The number of nitrogens with one attached hydrogen (secondary N) is 2. The van der Waals surface area contributed by atoms with Crippen LogP contribution < -0.4 is 10.6 Å². The average molecular weight is 542 g/mol. The normalized spacial score (nSPS) is 15.5. The molecule has 0 spiro atoms. The lowest BCUT2D eigenvalue weighted by atomic mass is 10.0. The zero-order valence-corrected chi connectivity index (χ0v) is 18.3. The number of carbonyl (C=O) groups excluding carboxylic acids is 2. The lowest BCUT2D eigenvalue weighted by molar-refractivity contribution is -0.162. The van der Waals surface area contributed by atoms with Crippen molar-refractivity contribution in [2.45, 2.75) is 43.5 Å². The van der Waals surface area contributed by atoms with E-state index >= 15 is 0 Å². The highest BCUT2D eigenvalue weighted by Crippen LogP contribution is 2.37. The van der Waals surface area contributed by atoms with Gasteiger partial charge in [-0.15, -0.1) is 0 Å². The summed E-state index contributed by atoms with van der Waals surface area (Å²) in [4.78, 5) is 24.2. The fourth-order valence-corrected chi connectivity index (χ4v) is 3.25. The fourth-order valence-electron chi connectivity index (χ4n) is 3.25. The highest BCUT2D eigenvalue weighted by molar-refractivity contribution is 5.97. The van der Waals surface area contributed by atoms with Gasteiger partial charge in [0.25, 0.3) is 5.91 Å². The minimum atomic E-state index is -5.35. The van der Waals surface area contributed by atoms with E-state index in [9.17, 15) is 53.5 Å². The highest BCUT2D eigenvalue weighted by atomic mass is 19.4. The van der Waals surface area contributed by atoms with Crippen molar-refractivity contribution in [2.24, 2.45) is 0 Å². The first-order valence-corrected chi connectivity index (χ1v) is 10.4. The Kier molecular flexibility index (Phi) is 7.61. The SMILES string of the molecule is O=C(/C=C/c1ccc(C(=O)NC2CC2)c(C(F)(F)F)c1)NC(c1cc(F)cc(C(F)(F)F)c1)C(F)(F)F. The first-order chi connectivity index (χ1) is 16.9. The summed E-state index contributed by atoms with van der Waals surface area (Å²) < 4.78 is 133. The molecule has 0 radical (unpaired) electrons. The first-order valence-electron chi connectivity index (χ1n) is 10.4. The van der Waals surface area contributed by atoms with E-state index in [2.05, 4.69) is 5.32 Å². The average Bonchev–Trinajstić information content (AvgIpc) is 3.57. The molecular weight excluding hydrogens is 526 g/mol. The molecule has 1 atom stereocenters. The maximum atomic E-state index is 13.6. The molecule has 4 nitrogen and oxygen atoms in total. The second kappa shape index (κ2) is 10.1. The van der Waals surface area contributed by atoms with Crippen LogP contribution in [0.4, 0.5) is 43.9 Å². The van der Waals surface area contributed by atoms with Crippen molar-refractivity contribution < 1.29 is 53.5 Å². The number of benzene rings is 2. The molecule has 1 unspecified atom stereocenters. The molecule has 1 aliphatic carbocycles. The Morgan fingerprint density at radius 1 is 0.892 bits per heavy atom. The van der Waals surface area contributed by atoms with Crippen LogP contribution in [0.2, 0.25) is 0 Å². The van der Waals surface area contributed by atoms with Gasteiger partial charge in [0, 0.05) is 12.1 Å². The van der Waals surface area contributed by atoms with Gasteiger partial charge in [-0.2, -0.15) is 39.5 Å². The molecule has 1 aliphatic rings. The summed E-state index contributed by atoms with van der Waals surface area (Å²) in [7, 11) is 0. The van der Waals surface area contributed by atoms with Crippen LogP contribution in [0.3, 0.4) is 0 Å². The minimum absolute atomic E-state index is 0.0201. The molecule has 3 rings (SSSR count). The Morgan fingerprint density at radius 2 is 1.54 bits per heavy atom. The quantitative estimate of drug-likeness (QED) is 0.338. The largest absolute Gasteiger partial charge is 0.417 e. The Balaban J connectivity index is 1.85.